The smallest absolute Gasteiger partial charge is 0.355 e. The van der Waals surface area contributed by atoms with Crippen LogP contribution in [0.1, 0.15) is 35.8 Å². The summed E-state index contributed by atoms with van der Waals surface area (Å²) in [5.74, 6) is -0.707. The van der Waals surface area contributed by atoms with Gasteiger partial charge in [0, 0.05) is 19.0 Å². The summed E-state index contributed by atoms with van der Waals surface area (Å²) in [6, 6.07) is 22.4. The molecule has 1 aliphatic rings. The van der Waals surface area contributed by atoms with Crippen LogP contribution in [0.2, 0.25) is 0 Å². The molecule has 1 atom stereocenters. The first-order chi connectivity index (χ1) is 14.6. The van der Waals surface area contributed by atoms with Crippen LogP contribution in [-0.2, 0) is 14.3 Å². The van der Waals surface area contributed by atoms with E-state index in [1.54, 1.807) is 12.3 Å². The molecular formula is C24H21N3O3. The number of carbonyl (C=O) groups is 2. The Morgan fingerprint density at radius 2 is 1.80 bits per heavy atom. The van der Waals surface area contributed by atoms with Gasteiger partial charge >= 0.3 is 5.97 Å². The van der Waals surface area contributed by atoms with Gasteiger partial charge in [-0.05, 0) is 42.3 Å². The van der Waals surface area contributed by atoms with E-state index in [0.717, 1.165) is 11.1 Å². The standard InChI is InChI=1S/C24H21N3O3/c1-17-8-7-11-19(16-17)27-22(28)14-13-21(26-27)24(29)30-23(18-9-3-2-4-10-18)20-12-5-6-15-25-20/h2-12,15-16,23H,13-14H2,1H3. The van der Waals surface area contributed by atoms with Crippen molar-refractivity contribution in [3.8, 4) is 0 Å². The molecule has 150 valence electrons. The van der Waals surface area contributed by atoms with Gasteiger partial charge in [-0.25, -0.2) is 9.80 Å². The van der Waals surface area contributed by atoms with E-state index in [-0.39, 0.29) is 24.5 Å². The van der Waals surface area contributed by atoms with E-state index in [9.17, 15) is 9.59 Å². The average molecular weight is 399 g/mol. The van der Waals surface area contributed by atoms with Gasteiger partial charge < -0.3 is 4.74 Å². The summed E-state index contributed by atoms with van der Waals surface area (Å²) in [5, 5.41) is 5.60. The van der Waals surface area contributed by atoms with Crippen molar-refractivity contribution in [3.63, 3.8) is 0 Å². The number of hydrogen-bond acceptors (Lipinski definition) is 5. The first-order valence-electron chi connectivity index (χ1n) is 9.76. The Labute approximate surface area is 174 Å². The van der Waals surface area contributed by atoms with Gasteiger partial charge in [0.05, 0.1) is 11.4 Å². The number of pyridine rings is 1. The third-order valence-corrected chi connectivity index (χ3v) is 4.80. The lowest BCUT2D eigenvalue weighted by Gasteiger charge is -2.24. The minimum absolute atomic E-state index is 0.151. The van der Waals surface area contributed by atoms with Crippen LogP contribution in [0.5, 0.6) is 0 Å². The molecule has 0 N–H and O–H groups in total. The molecule has 4 rings (SSSR count). The molecule has 6 heteroatoms. The van der Waals surface area contributed by atoms with Gasteiger partial charge in [0.1, 0.15) is 5.71 Å². The van der Waals surface area contributed by atoms with Crippen LogP contribution in [0.3, 0.4) is 0 Å². The van der Waals surface area contributed by atoms with Gasteiger partial charge in [-0.1, -0.05) is 48.5 Å². The van der Waals surface area contributed by atoms with E-state index >= 15 is 0 Å². The van der Waals surface area contributed by atoms with E-state index in [4.69, 9.17) is 4.74 Å². The van der Waals surface area contributed by atoms with Crippen molar-refractivity contribution in [2.45, 2.75) is 25.9 Å². The SMILES string of the molecule is Cc1cccc(N2N=C(C(=O)OC(c3ccccc3)c3ccccn3)CCC2=O)c1. The summed E-state index contributed by atoms with van der Waals surface area (Å²) in [4.78, 5) is 29.7. The Hall–Kier alpha value is -3.80. The second-order valence-electron chi connectivity index (χ2n) is 7.04. The van der Waals surface area contributed by atoms with Crippen LogP contribution in [0.15, 0.2) is 84.1 Å². The highest BCUT2D eigenvalue weighted by atomic mass is 16.5. The first-order valence-corrected chi connectivity index (χ1v) is 9.76. The van der Waals surface area contributed by atoms with E-state index < -0.39 is 12.1 Å². The zero-order chi connectivity index (χ0) is 20.9. The van der Waals surface area contributed by atoms with Crippen molar-refractivity contribution >= 4 is 23.3 Å². The van der Waals surface area contributed by atoms with Crippen LogP contribution in [0.25, 0.3) is 0 Å². The van der Waals surface area contributed by atoms with Crippen molar-refractivity contribution in [2.75, 3.05) is 5.01 Å². The Morgan fingerprint density at radius 1 is 1.00 bits per heavy atom. The Kier molecular flexibility index (Phi) is 5.66. The number of amides is 1. The lowest BCUT2D eigenvalue weighted by molar-refractivity contribution is -0.139. The highest BCUT2D eigenvalue weighted by Gasteiger charge is 2.29. The molecule has 0 radical (unpaired) electrons. The largest absolute Gasteiger partial charge is 0.446 e. The summed E-state index contributed by atoms with van der Waals surface area (Å²) in [6.45, 7) is 1.94. The predicted octanol–water partition coefficient (Wildman–Crippen LogP) is 4.21. The molecule has 30 heavy (non-hydrogen) atoms. The number of hydrogen-bond donors (Lipinski definition) is 0. The highest BCUT2D eigenvalue weighted by Crippen LogP contribution is 2.26. The second-order valence-corrected chi connectivity index (χ2v) is 7.04. The molecule has 1 unspecified atom stereocenters. The number of carbonyl (C=O) groups excluding carboxylic acids is 2. The van der Waals surface area contributed by atoms with Crippen molar-refractivity contribution < 1.29 is 14.3 Å². The maximum absolute atomic E-state index is 13.0. The number of benzene rings is 2. The Morgan fingerprint density at radius 3 is 2.53 bits per heavy atom. The lowest BCUT2D eigenvalue weighted by atomic mass is 10.1. The van der Waals surface area contributed by atoms with E-state index in [0.29, 0.717) is 11.4 Å². The fourth-order valence-electron chi connectivity index (χ4n) is 3.30. The average Bonchev–Trinajstić information content (AvgIpc) is 2.79. The normalized spacial score (nSPS) is 14.8. The molecule has 0 fully saturated rings. The number of ether oxygens (including phenoxy) is 1. The molecule has 0 bridgehead atoms. The minimum Gasteiger partial charge on any atom is -0.446 e. The van der Waals surface area contributed by atoms with Crippen molar-refractivity contribution in [2.24, 2.45) is 5.10 Å². The van der Waals surface area contributed by atoms with Crippen LogP contribution < -0.4 is 5.01 Å². The zero-order valence-corrected chi connectivity index (χ0v) is 16.6. The number of nitrogens with zero attached hydrogens (tertiary/aromatic N) is 3. The maximum Gasteiger partial charge on any atom is 0.355 e. The summed E-state index contributed by atoms with van der Waals surface area (Å²) >= 11 is 0. The van der Waals surface area contributed by atoms with Gasteiger partial charge in [-0.15, -0.1) is 0 Å². The molecular weight excluding hydrogens is 378 g/mol. The van der Waals surface area contributed by atoms with Gasteiger partial charge in [-0.3, -0.25) is 9.78 Å². The molecule has 2 heterocycles. The summed E-state index contributed by atoms with van der Waals surface area (Å²) in [6.07, 6.45) is 1.44. The summed E-state index contributed by atoms with van der Waals surface area (Å²) < 4.78 is 5.84. The molecule has 6 nitrogen and oxygen atoms in total. The van der Waals surface area contributed by atoms with Gasteiger partial charge in [0.25, 0.3) is 0 Å². The van der Waals surface area contributed by atoms with E-state index in [2.05, 4.69) is 10.1 Å². The molecule has 1 aromatic heterocycles. The molecule has 0 spiro atoms. The molecule has 1 amide bonds. The minimum atomic E-state index is -0.660. The summed E-state index contributed by atoms with van der Waals surface area (Å²) in [7, 11) is 0. The number of hydrazone groups is 1. The lowest BCUT2D eigenvalue weighted by Crippen LogP contribution is -2.35. The quantitative estimate of drug-likeness (QED) is 0.603. The number of rotatable bonds is 5. The molecule has 0 saturated carbocycles. The Balaban J connectivity index is 1.62. The number of anilines is 1. The second kappa shape index (κ2) is 8.69. The monoisotopic (exact) mass is 399 g/mol. The fraction of sp³-hybridized carbons (Fsp3) is 0.167. The van der Waals surface area contributed by atoms with Crippen molar-refractivity contribution in [1.82, 2.24) is 4.98 Å². The first kappa shape index (κ1) is 19.5. The number of esters is 1. The number of aryl methyl sites for hydroxylation is 1. The van der Waals surface area contributed by atoms with Crippen LogP contribution >= 0.6 is 0 Å². The van der Waals surface area contributed by atoms with Gasteiger partial charge in [0.15, 0.2) is 6.10 Å². The molecule has 0 saturated heterocycles. The molecule has 0 aliphatic carbocycles. The third kappa shape index (κ3) is 4.27. The van der Waals surface area contributed by atoms with Crippen LogP contribution in [-0.4, -0.2) is 22.6 Å². The topological polar surface area (TPSA) is 71.9 Å². The van der Waals surface area contributed by atoms with Crippen molar-refractivity contribution in [3.05, 3.63) is 95.8 Å². The van der Waals surface area contributed by atoms with Crippen LogP contribution in [0.4, 0.5) is 5.69 Å². The molecule has 3 aromatic rings. The zero-order valence-electron chi connectivity index (χ0n) is 16.6. The maximum atomic E-state index is 13.0. The summed E-state index contributed by atoms with van der Waals surface area (Å²) in [5.41, 5.74) is 3.29. The van der Waals surface area contributed by atoms with E-state index in [1.165, 1.54) is 5.01 Å². The number of aromatic nitrogens is 1. The fourth-order valence-corrected chi connectivity index (χ4v) is 3.30. The van der Waals surface area contributed by atoms with Gasteiger partial charge in [-0.2, -0.15) is 5.10 Å². The molecule has 2 aromatic carbocycles. The third-order valence-electron chi connectivity index (χ3n) is 4.80. The predicted molar refractivity (Wildman–Crippen MR) is 114 cm³/mol. The molecule has 1 aliphatic heterocycles. The van der Waals surface area contributed by atoms with Crippen molar-refractivity contribution in [1.29, 1.82) is 0 Å². The highest BCUT2D eigenvalue weighted by molar-refractivity contribution is 6.38. The van der Waals surface area contributed by atoms with Gasteiger partial charge in [0.2, 0.25) is 5.91 Å². The Bertz CT molecular complexity index is 1040. The van der Waals surface area contributed by atoms with E-state index in [1.807, 2.05) is 73.7 Å². The van der Waals surface area contributed by atoms with Crippen LogP contribution in [0, 0.1) is 6.92 Å².